The van der Waals surface area contributed by atoms with Crippen molar-refractivity contribution in [2.45, 2.75) is 43.5 Å². The third-order valence-corrected chi connectivity index (χ3v) is 7.48. The highest BCUT2D eigenvalue weighted by atomic mass is 32.2. The van der Waals surface area contributed by atoms with Gasteiger partial charge in [0.1, 0.15) is 5.75 Å². The van der Waals surface area contributed by atoms with E-state index in [1.165, 1.54) is 4.88 Å². The normalized spacial score (nSPS) is 19.8. The number of aryl methyl sites for hydroxylation is 1. The summed E-state index contributed by atoms with van der Waals surface area (Å²) < 4.78 is 33.3. The maximum absolute atomic E-state index is 13.2. The summed E-state index contributed by atoms with van der Waals surface area (Å²) in [4.78, 5) is 2.70. The van der Waals surface area contributed by atoms with Gasteiger partial charge in [0.25, 0.3) is 0 Å². The van der Waals surface area contributed by atoms with Crippen LogP contribution in [0.4, 0.5) is 0 Å². The summed E-state index contributed by atoms with van der Waals surface area (Å²) in [6, 6.07) is 10.8. The number of rotatable bonds is 4. The van der Waals surface area contributed by atoms with E-state index in [0.29, 0.717) is 17.2 Å². The van der Waals surface area contributed by atoms with E-state index in [0.717, 1.165) is 30.6 Å². The molecule has 1 aromatic heterocycles. The van der Waals surface area contributed by atoms with Crippen molar-refractivity contribution in [2.75, 3.05) is 13.7 Å². The molecule has 2 aromatic rings. The molecule has 0 amide bonds. The SMILES string of the molecule is COc1ccc(S(=O)(=O)N2CCCCC[C@H]2c2ccc(C)s2)cc1. The van der Waals surface area contributed by atoms with Gasteiger partial charge in [-0.15, -0.1) is 11.3 Å². The summed E-state index contributed by atoms with van der Waals surface area (Å²) in [5, 5.41) is 0. The average molecular weight is 366 g/mol. The predicted molar refractivity (Wildman–Crippen MR) is 97.2 cm³/mol. The monoisotopic (exact) mass is 365 g/mol. The van der Waals surface area contributed by atoms with Gasteiger partial charge in [-0.3, -0.25) is 0 Å². The van der Waals surface area contributed by atoms with Gasteiger partial charge in [-0.1, -0.05) is 12.8 Å². The number of hydrogen-bond acceptors (Lipinski definition) is 4. The number of ether oxygens (including phenoxy) is 1. The molecule has 0 saturated carbocycles. The van der Waals surface area contributed by atoms with E-state index < -0.39 is 10.0 Å². The molecule has 0 bridgehead atoms. The number of thiophene rings is 1. The average Bonchev–Trinajstić information content (AvgIpc) is 2.86. The lowest BCUT2D eigenvalue weighted by Crippen LogP contribution is -2.34. The van der Waals surface area contributed by atoms with Crippen LogP contribution in [0.2, 0.25) is 0 Å². The molecule has 1 aliphatic heterocycles. The fourth-order valence-electron chi connectivity index (χ4n) is 3.17. The molecule has 4 nitrogen and oxygen atoms in total. The summed E-state index contributed by atoms with van der Waals surface area (Å²) in [5.41, 5.74) is 0. The molecule has 2 heterocycles. The van der Waals surface area contributed by atoms with Crippen LogP contribution in [-0.4, -0.2) is 26.4 Å². The van der Waals surface area contributed by atoms with Crippen LogP contribution in [0.15, 0.2) is 41.3 Å². The Morgan fingerprint density at radius 3 is 2.46 bits per heavy atom. The van der Waals surface area contributed by atoms with Gasteiger partial charge in [0, 0.05) is 16.3 Å². The molecule has 0 spiro atoms. The molecule has 1 atom stereocenters. The molecule has 24 heavy (non-hydrogen) atoms. The molecular weight excluding hydrogens is 342 g/mol. The Labute approximate surface area is 148 Å². The largest absolute Gasteiger partial charge is 0.497 e. The fraction of sp³-hybridized carbons (Fsp3) is 0.444. The van der Waals surface area contributed by atoms with Crippen LogP contribution in [-0.2, 0) is 10.0 Å². The number of sulfonamides is 1. The molecule has 6 heteroatoms. The summed E-state index contributed by atoms with van der Waals surface area (Å²) in [6.45, 7) is 2.64. The summed E-state index contributed by atoms with van der Waals surface area (Å²) in [5.74, 6) is 0.662. The summed E-state index contributed by atoms with van der Waals surface area (Å²) >= 11 is 1.70. The molecule has 0 aliphatic carbocycles. The van der Waals surface area contributed by atoms with Crippen molar-refractivity contribution in [3.63, 3.8) is 0 Å². The van der Waals surface area contributed by atoms with Gasteiger partial charge in [-0.05, 0) is 56.2 Å². The van der Waals surface area contributed by atoms with Gasteiger partial charge < -0.3 is 4.74 Å². The van der Waals surface area contributed by atoms with Crippen molar-refractivity contribution in [1.29, 1.82) is 0 Å². The molecule has 1 aromatic carbocycles. The fourth-order valence-corrected chi connectivity index (χ4v) is 5.94. The smallest absolute Gasteiger partial charge is 0.243 e. The van der Waals surface area contributed by atoms with Gasteiger partial charge in [0.05, 0.1) is 18.0 Å². The third-order valence-electron chi connectivity index (χ3n) is 4.46. The molecule has 1 saturated heterocycles. The zero-order chi connectivity index (χ0) is 17.2. The molecule has 1 aliphatic rings. The zero-order valence-electron chi connectivity index (χ0n) is 14.1. The summed E-state index contributed by atoms with van der Waals surface area (Å²) in [6.07, 6.45) is 3.94. The molecule has 130 valence electrons. The van der Waals surface area contributed by atoms with Crippen LogP contribution in [0, 0.1) is 6.92 Å². The second kappa shape index (κ2) is 7.25. The minimum Gasteiger partial charge on any atom is -0.497 e. The van der Waals surface area contributed by atoms with Crippen LogP contribution in [0.3, 0.4) is 0 Å². The van der Waals surface area contributed by atoms with Crippen molar-refractivity contribution >= 4 is 21.4 Å². The molecule has 1 fully saturated rings. The van der Waals surface area contributed by atoms with Crippen molar-refractivity contribution in [1.82, 2.24) is 4.31 Å². The van der Waals surface area contributed by atoms with Crippen LogP contribution in [0.5, 0.6) is 5.75 Å². The Hall–Kier alpha value is -1.37. The first-order valence-corrected chi connectivity index (χ1v) is 10.5. The number of nitrogens with zero attached hydrogens (tertiary/aromatic N) is 1. The Morgan fingerprint density at radius 2 is 1.83 bits per heavy atom. The number of benzene rings is 1. The van der Waals surface area contributed by atoms with Crippen LogP contribution >= 0.6 is 11.3 Å². The van der Waals surface area contributed by atoms with Crippen molar-refractivity contribution in [3.8, 4) is 5.75 Å². The lowest BCUT2D eigenvalue weighted by molar-refractivity contribution is 0.333. The minimum absolute atomic E-state index is 0.0571. The maximum atomic E-state index is 13.2. The number of hydrogen-bond donors (Lipinski definition) is 0. The van der Waals surface area contributed by atoms with Gasteiger partial charge in [0.15, 0.2) is 0 Å². The van der Waals surface area contributed by atoms with E-state index >= 15 is 0 Å². The maximum Gasteiger partial charge on any atom is 0.243 e. The topological polar surface area (TPSA) is 46.6 Å². The highest BCUT2D eigenvalue weighted by Crippen LogP contribution is 2.37. The Balaban J connectivity index is 1.97. The van der Waals surface area contributed by atoms with E-state index in [1.807, 2.05) is 0 Å². The zero-order valence-corrected chi connectivity index (χ0v) is 15.7. The highest BCUT2D eigenvalue weighted by molar-refractivity contribution is 7.89. The van der Waals surface area contributed by atoms with Crippen LogP contribution < -0.4 is 4.74 Å². The summed E-state index contributed by atoms with van der Waals surface area (Å²) in [7, 11) is -1.94. The van der Waals surface area contributed by atoms with Gasteiger partial charge in [0.2, 0.25) is 10.0 Å². The van der Waals surface area contributed by atoms with E-state index in [-0.39, 0.29) is 6.04 Å². The van der Waals surface area contributed by atoms with E-state index in [1.54, 1.807) is 47.0 Å². The van der Waals surface area contributed by atoms with Crippen LogP contribution in [0.1, 0.15) is 41.5 Å². The Kier molecular flexibility index (Phi) is 5.27. The Bertz CT molecular complexity index is 781. The minimum atomic E-state index is -3.51. The van der Waals surface area contributed by atoms with Crippen molar-refractivity contribution in [2.24, 2.45) is 0 Å². The van der Waals surface area contributed by atoms with Crippen LogP contribution in [0.25, 0.3) is 0 Å². The van der Waals surface area contributed by atoms with E-state index in [9.17, 15) is 8.42 Å². The molecular formula is C18H23NO3S2. The third kappa shape index (κ3) is 3.50. The lowest BCUT2D eigenvalue weighted by atomic mass is 10.1. The second-order valence-corrected chi connectivity index (χ2v) is 9.31. The quantitative estimate of drug-likeness (QED) is 0.808. The first kappa shape index (κ1) is 17.5. The van der Waals surface area contributed by atoms with E-state index in [4.69, 9.17) is 4.74 Å². The first-order chi connectivity index (χ1) is 11.5. The molecule has 3 rings (SSSR count). The Morgan fingerprint density at radius 1 is 1.08 bits per heavy atom. The lowest BCUT2D eigenvalue weighted by Gasteiger charge is -2.28. The number of methoxy groups -OCH3 is 1. The van der Waals surface area contributed by atoms with Gasteiger partial charge in [-0.2, -0.15) is 4.31 Å². The molecule has 0 radical (unpaired) electrons. The van der Waals surface area contributed by atoms with Gasteiger partial charge in [-0.25, -0.2) is 8.42 Å². The van der Waals surface area contributed by atoms with E-state index in [2.05, 4.69) is 19.1 Å². The predicted octanol–water partition coefficient (Wildman–Crippen LogP) is 4.37. The van der Waals surface area contributed by atoms with Crippen molar-refractivity contribution < 1.29 is 13.2 Å². The molecule has 0 unspecified atom stereocenters. The van der Waals surface area contributed by atoms with Crippen molar-refractivity contribution in [3.05, 3.63) is 46.2 Å². The molecule has 0 N–H and O–H groups in total. The second-order valence-electron chi connectivity index (χ2n) is 6.10. The standard InChI is InChI=1S/C18H23NO3S2/c1-14-7-12-18(23-14)17-6-4-3-5-13-19(17)24(20,21)16-10-8-15(22-2)9-11-16/h7-12,17H,3-6,13H2,1-2H3/t17-/m0/s1. The highest BCUT2D eigenvalue weighted by Gasteiger charge is 2.34. The van der Waals surface area contributed by atoms with Gasteiger partial charge >= 0.3 is 0 Å². The first-order valence-electron chi connectivity index (χ1n) is 8.24.